The molecule has 1 aliphatic rings. The molecule has 1 aromatic carbocycles. The summed E-state index contributed by atoms with van der Waals surface area (Å²) in [5.74, 6) is 0.659. The van der Waals surface area contributed by atoms with Crippen LogP contribution in [-0.2, 0) is 15.0 Å². The van der Waals surface area contributed by atoms with E-state index in [-0.39, 0.29) is 23.6 Å². The Labute approximate surface area is 177 Å². The molecule has 0 aromatic heterocycles. The molecular weight excluding hydrogens is 361 g/mol. The summed E-state index contributed by atoms with van der Waals surface area (Å²) in [7, 11) is 0.475. The van der Waals surface area contributed by atoms with E-state index in [1.807, 2.05) is 12.9 Å². The molecule has 1 fully saturated rings. The highest BCUT2D eigenvalue weighted by molar-refractivity contribution is 6.73. The second-order valence-corrected chi connectivity index (χ2v) is 9.08. The van der Waals surface area contributed by atoms with Crippen LogP contribution in [0.1, 0.15) is 95.6 Å². The summed E-state index contributed by atoms with van der Waals surface area (Å²) in [6, 6.07) is 6.27. The van der Waals surface area contributed by atoms with E-state index in [2.05, 4.69) is 38.1 Å². The van der Waals surface area contributed by atoms with Crippen LogP contribution in [0.4, 0.5) is 0 Å². The Morgan fingerprint density at radius 1 is 1.31 bits per heavy atom. The van der Waals surface area contributed by atoms with E-state index in [1.54, 1.807) is 0 Å². The first-order valence-corrected chi connectivity index (χ1v) is 11.4. The maximum absolute atomic E-state index is 11.4. The van der Waals surface area contributed by atoms with E-state index in [0.717, 1.165) is 43.4 Å². The van der Waals surface area contributed by atoms with Gasteiger partial charge in [-0.05, 0) is 60.6 Å². The summed E-state index contributed by atoms with van der Waals surface area (Å²) in [6.07, 6.45) is 9.95. The third-order valence-corrected chi connectivity index (χ3v) is 6.22. The molecule has 1 unspecified atom stereocenters. The van der Waals surface area contributed by atoms with Crippen LogP contribution in [0.15, 0.2) is 23.4 Å². The highest BCUT2D eigenvalue weighted by Crippen LogP contribution is 2.39. The van der Waals surface area contributed by atoms with Gasteiger partial charge >= 0.3 is 0 Å². The van der Waals surface area contributed by atoms with Gasteiger partial charge < -0.3 is 14.7 Å². The van der Waals surface area contributed by atoms with Gasteiger partial charge in [0, 0.05) is 0 Å². The minimum absolute atomic E-state index is 0.0535. The third-order valence-electron chi connectivity index (χ3n) is 6.22. The summed E-state index contributed by atoms with van der Waals surface area (Å²) in [5.41, 5.74) is 3.34. The summed E-state index contributed by atoms with van der Waals surface area (Å²) in [6.45, 7) is 8.66. The molecule has 0 bridgehead atoms. The molecule has 160 valence electrons. The van der Waals surface area contributed by atoms with Crippen LogP contribution in [-0.4, -0.2) is 30.4 Å². The van der Waals surface area contributed by atoms with Crippen molar-refractivity contribution in [3.8, 4) is 5.75 Å². The lowest BCUT2D eigenvalue weighted by molar-refractivity contribution is -0.116. The van der Waals surface area contributed by atoms with Gasteiger partial charge in [0.25, 0.3) is 0 Å². The average Bonchev–Trinajstić information content (AvgIpc) is 2.71. The fourth-order valence-corrected chi connectivity index (χ4v) is 4.13. The fraction of sp³-hybridized carbons (Fsp3) is 0.667. The minimum Gasteiger partial charge on any atom is -0.508 e. The van der Waals surface area contributed by atoms with Gasteiger partial charge in [-0.2, -0.15) is 0 Å². The number of carbonyl (C=O) groups excluding carboxylic acids is 1. The van der Waals surface area contributed by atoms with Gasteiger partial charge in [0.05, 0.1) is 5.71 Å². The van der Waals surface area contributed by atoms with E-state index >= 15 is 0 Å². The maximum Gasteiger partial charge on any atom is 0.207 e. The molecule has 0 saturated heterocycles. The highest BCUT2D eigenvalue weighted by Gasteiger charge is 2.25. The number of hydrogen-bond donors (Lipinski definition) is 1. The number of phenols is 1. The zero-order valence-corrected chi connectivity index (χ0v) is 18.8. The lowest BCUT2D eigenvalue weighted by Crippen LogP contribution is -2.18. The van der Waals surface area contributed by atoms with Crippen LogP contribution in [0.25, 0.3) is 0 Å². The number of carbonyl (C=O) groups is 1. The van der Waals surface area contributed by atoms with Gasteiger partial charge in [-0.1, -0.05) is 70.6 Å². The van der Waals surface area contributed by atoms with Crippen molar-refractivity contribution in [1.29, 1.82) is 0 Å². The second-order valence-electron chi connectivity index (χ2n) is 9.08. The van der Waals surface area contributed by atoms with Crippen LogP contribution in [0.2, 0.25) is 6.82 Å². The van der Waals surface area contributed by atoms with E-state index in [4.69, 9.17) is 4.84 Å². The van der Waals surface area contributed by atoms with E-state index < -0.39 is 0 Å². The highest BCUT2D eigenvalue weighted by atomic mass is 16.6. The van der Waals surface area contributed by atoms with Crippen LogP contribution < -0.4 is 0 Å². The topological polar surface area (TPSA) is 58.9 Å². The summed E-state index contributed by atoms with van der Waals surface area (Å²) < 4.78 is 0. The molecule has 5 heteroatoms. The molecule has 29 heavy (non-hydrogen) atoms. The van der Waals surface area contributed by atoms with Gasteiger partial charge in [0.15, 0.2) is 6.61 Å². The van der Waals surface area contributed by atoms with Gasteiger partial charge in [-0.25, -0.2) is 0 Å². The van der Waals surface area contributed by atoms with Crippen LogP contribution in [0, 0.1) is 0 Å². The summed E-state index contributed by atoms with van der Waals surface area (Å²) in [4.78, 5) is 16.6. The first-order chi connectivity index (χ1) is 13.9. The predicted molar refractivity (Wildman–Crippen MR) is 123 cm³/mol. The van der Waals surface area contributed by atoms with E-state index in [0.29, 0.717) is 13.0 Å². The Morgan fingerprint density at radius 3 is 2.79 bits per heavy atom. The maximum atomic E-state index is 11.4. The summed E-state index contributed by atoms with van der Waals surface area (Å²) in [5, 5.41) is 15.0. The lowest BCUT2D eigenvalue weighted by atomic mass is 9.77. The van der Waals surface area contributed by atoms with Crippen molar-refractivity contribution in [3.63, 3.8) is 0 Å². The van der Waals surface area contributed by atoms with Crippen molar-refractivity contribution in [2.24, 2.45) is 5.16 Å². The van der Waals surface area contributed by atoms with Crippen molar-refractivity contribution in [2.75, 3.05) is 6.61 Å². The molecule has 2 rings (SSSR count). The largest absolute Gasteiger partial charge is 0.508 e. The Bertz CT molecular complexity index is 699. The number of rotatable bonds is 11. The SMILES string of the molecule is CBC(=O)CO/N=C1/CCCC(c2ccc(C(C)(C)CCCCCC)cc2O)C1. The van der Waals surface area contributed by atoms with Crippen molar-refractivity contribution in [1.82, 2.24) is 0 Å². The predicted octanol–water partition coefficient (Wildman–Crippen LogP) is 5.68. The van der Waals surface area contributed by atoms with Crippen molar-refractivity contribution < 1.29 is 14.7 Å². The third kappa shape index (κ3) is 7.20. The number of unbranched alkanes of at least 4 members (excludes halogenated alkanes) is 3. The number of aromatic hydroxyl groups is 1. The first kappa shape index (κ1) is 23.5. The standard InChI is InChI=1S/C24H38BNO3/c1-5-6-7-8-14-24(2,3)19-12-13-21(22(27)16-19)18-10-9-11-20(15-18)26-29-17-23(28)25-4/h12-13,16,18,25,27H,5-11,14-15,17H2,1-4H3/b26-20-. The normalized spacial score (nSPS) is 18.6. The molecule has 1 atom stereocenters. The smallest absolute Gasteiger partial charge is 0.207 e. The molecule has 1 aromatic rings. The zero-order chi connectivity index (χ0) is 21.3. The molecular formula is C24H38BNO3. The monoisotopic (exact) mass is 399 g/mol. The van der Waals surface area contributed by atoms with Crippen LogP contribution in [0.3, 0.4) is 0 Å². The molecule has 0 amide bonds. The van der Waals surface area contributed by atoms with Gasteiger partial charge in [-0.3, -0.25) is 0 Å². The fourth-order valence-electron chi connectivity index (χ4n) is 4.13. The number of phenolic OH excluding ortho intramolecular Hbond substituents is 1. The Hall–Kier alpha value is -1.78. The second kappa shape index (κ2) is 11.4. The molecule has 1 saturated carbocycles. The number of oxime groups is 1. The number of hydrogen-bond acceptors (Lipinski definition) is 4. The van der Waals surface area contributed by atoms with Crippen molar-refractivity contribution >= 4 is 18.7 Å². The van der Waals surface area contributed by atoms with Crippen LogP contribution >= 0.6 is 0 Å². The molecule has 0 spiro atoms. The molecule has 0 heterocycles. The average molecular weight is 399 g/mol. The van der Waals surface area contributed by atoms with E-state index in [1.165, 1.54) is 31.2 Å². The Morgan fingerprint density at radius 2 is 2.10 bits per heavy atom. The lowest BCUT2D eigenvalue weighted by Gasteiger charge is -2.28. The molecule has 1 N–H and O–H groups in total. The van der Waals surface area contributed by atoms with Crippen LogP contribution in [0.5, 0.6) is 5.75 Å². The number of benzene rings is 1. The Balaban J connectivity index is 2.01. The first-order valence-electron chi connectivity index (χ1n) is 11.4. The zero-order valence-electron chi connectivity index (χ0n) is 18.8. The molecule has 4 nitrogen and oxygen atoms in total. The van der Waals surface area contributed by atoms with Gasteiger partial charge in [-0.15, -0.1) is 0 Å². The minimum atomic E-state index is 0.0535. The van der Waals surface area contributed by atoms with E-state index in [9.17, 15) is 9.90 Å². The molecule has 0 radical (unpaired) electrons. The van der Waals surface area contributed by atoms with Gasteiger partial charge in [0.1, 0.15) is 11.4 Å². The van der Waals surface area contributed by atoms with Gasteiger partial charge in [0.2, 0.25) is 7.28 Å². The number of nitrogens with zero attached hydrogens (tertiary/aromatic N) is 1. The summed E-state index contributed by atoms with van der Waals surface area (Å²) >= 11 is 0. The van der Waals surface area contributed by atoms with Crippen molar-refractivity contribution in [3.05, 3.63) is 29.3 Å². The van der Waals surface area contributed by atoms with Crippen molar-refractivity contribution in [2.45, 2.75) is 96.7 Å². The molecule has 0 aliphatic heterocycles. The Kier molecular flexibility index (Phi) is 9.26. The quantitative estimate of drug-likeness (QED) is 0.296. The molecule has 1 aliphatic carbocycles.